The molecule has 0 saturated carbocycles. The van der Waals surface area contributed by atoms with Crippen LogP contribution in [0.4, 0.5) is 0 Å². The molecule has 0 radical (unpaired) electrons. The summed E-state index contributed by atoms with van der Waals surface area (Å²) in [5.41, 5.74) is 8.51. The molecule has 3 rings (SSSR count). The second-order valence-corrected chi connectivity index (χ2v) is 5.38. The quantitative estimate of drug-likeness (QED) is 0.788. The minimum atomic E-state index is -0.482. The maximum atomic E-state index is 11.3. The van der Waals surface area contributed by atoms with Crippen LogP contribution in [-0.2, 0) is 0 Å². The topological polar surface area (TPSA) is 60.4 Å². The Morgan fingerprint density at radius 1 is 1.39 bits per heavy atom. The Bertz CT molecular complexity index is 747. The van der Waals surface area contributed by atoms with E-state index < -0.39 is 5.91 Å². The summed E-state index contributed by atoms with van der Waals surface area (Å²) in [6, 6.07) is 3.84. The summed E-state index contributed by atoms with van der Waals surface area (Å²) in [6.07, 6.45) is 3.36. The number of nitrogens with zero attached hydrogens (tertiary/aromatic N) is 2. The number of halogens is 1. The monoisotopic (exact) mass is 321 g/mol. The summed E-state index contributed by atoms with van der Waals surface area (Å²) >= 11 is 5.11. The number of nitrogens with two attached hydrogens (primary N) is 1. The van der Waals surface area contributed by atoms with Crippen LogP contribution in [0.5, 0.6) is 0 Å². The molecule has 3 aromatic rings. The summed E-state index contributed by atoms with van der Waals surface area (Å²) in [4.78, 5) is 15.4. The highest BCUT2D eigenvalue weighted by atomic mass is 79.9. The molecule has 3 heterocycles. The Kier molecular flexibility index (Phi) is 2.68. The van der Waals surface area contributed by atoms with E-state index in [2.05, 4.69) is 20.9 Å². The Hall–Kier alpha value is -1.66. The van der Waals surface area contributed by atoms with E-state index in [0.29, 0.717) is 11.3 Å². The fourth-order valence-electron chi connectivity index (χ4n) is 1.81. The molecular formula is C12H8BrN3OS. The average Bonchev–Trinajstić information content (AvgIpc) is 2.93. The molecule has 0 aromatic carbocycles. The zero-order valence-corrected chi connectivity index (χ0v) is 11.5. The maximum Gasteiger partial charge on any atom is 0.267 e. The Labute approximate surface area is 115 Å². The Balaban J connectivity index is 2.24. The SMILES string of the molecule is NC(=O)c1cnc2ccc(-c3cscc3Br)cn12. The molecule has 0 aliphatic carbocycles. The predicted octanol–water partition coefficient (Wildman–Crippen LogP) is 2.92. The van der Waals surface area contributed by atoms with Gasteiger partial charge in [0.05, 0.1) is 6.20 Å². The van der Waals surface area contributed by atoms with Crippen molar-refractivity contribution in [2.45, 2.75) is 0 Å². The smallest absolute Gasteiger partial charge is 0.267 e. The minimum Gasteiger partial charge on any atom is -0.364 e. The normalized spacial score (nSPS) is 10.9. The summed E-state index contributed by atoms with van der Waals surface area (Å²) in [5.74, 6) is -0.482. The van der Waals surface area contributed by atoms with Gasteiger partial charge >= 0.3 is 0 Å². The molecule has 0 bridgehead atoms. The van der Waals surface area contributed by atoms with Crippen molar-refractivity contribution in [1.82, 2.24) is 9.38 Å². The van der Waals surface area contributed by atoms with Gasteiger partial charge in [-0.05, 0) is 33.4 Å². The lowest BCUT2D eigenvalue weighted by Crippen LogP contribution is -2.13. The standard InChI is InChI=1S/C12H8BrN3OS/c13-9-6-18-5-8(9)7-1-2-11-15-3-10(12(14)17)16(11)4-7/h1-6H,(H2,14,17). The van der Waals surface area contributed by atoms with Crippen molar-refractivity contribution in [2.75, 3.05) is 0 Å². The maximum absolute atomic E-state index is 11.3. The van der Waals surface area contributed by atoms with Crippen LogP contribution < -0.4 is 5.73 Å². The van der Waals surface area contributed by atoms with Crippen molar-refractivity contribution in [1.29, 1.82) is 0 Å². The van der Waals surface area contributed by atoms with E-state index in [1.165, 1.54) is 6.20 Å². The second-order valence-electron chi connectivity index (χ2n) is 3.79. The zero-order chi connectivity index (χ0) is 12.7. The number of imidazole rings is 1. The van der Waals surface area contributed by atoms with E-state index in [1.807, 2.05) is 29.1 Å². The predicted molar refractivity (Wildman–Crippen MR) is 74.7 cm³/mol. The molecule has 0 atom stereocenters. The third kappa shape index (κ3) is 1.74. The molecule has 0 aliphatic rings. The number of hydrogen-bond acceptors (Lipinski definition) is 3. The second kappa shape index (κ2) is 4.22. The lowest BCUT2D eigenvalue weighted by atomic mass is 10.1. The number of pyridine rings is 1. The lowest BCUT2D eigenvalue weighted by Gasteiger charge is -2.03. The summed E-state index contributed by atoms with van der Waals surface area (Å²) in [7, 11) is 0. The number of amides is 1. The number of thiophene rings is 1. The molecule has 3 aromatic heterocycles. The molecule has 6 heteroatoms. The summed E-state index contributed by atoms with van der Waals surface area (Å²) < 4.78 is 2.74. The van der Waals surface area contributed by atoms with Gasteiger partial charge in [-0.1, -0.05) is 0 Å². The molecule has 0 saturated heterocycles. The van der Waals surface area contributed by atoms with E-state index in [1.54, 1.807) is 15.7 Å². The molecular weight excluding hydrogens is 314 g/mol. The van der Waals surface area contributed by atoms with Crippen LogP contribution in [0.1, 0.15) is 10.5 Å². The van der Waals surface area contributed by atoms with Gasteiger partial charge in [-0.15, -0.1) is 0 Å². The number of hydrogen-bond donors (Lipinski definition) is 1. The van der Waals surface area contributed by atoms with Gasteiger partial charge in [-0.3, -0.25) is 9.20 Å². The lowest BCUT2D eigenvalue weighted by molar-refractivity contribution is 0.0995. The highest BCUT2D eigenvalue weighted by molar-refractivity contribution is 9.10. The van der Waals surface area contributed by atoms with Crippen molar-refractivity contribution < 1.29 is 4.79 Å². The van der Waals surface area contributed by atoms with E-state index in [0.717, 1.165) is 15.6 Å². The Morgan fingerprint density at radius 3 is 2.89 bits per heavy atom. The molecule has 4 nitrogen and oxygen atoms in total. The number of primary amides is 1. The first-order valence-electron chi connectivity index (χ1n) is 5.16. The zero-order valence-electron chi connectivity index (χ0n) is 9.13. The van der Waals surface area contributed by atoms with Crippen molar-refractivity contribution in [3.8, 4) is 11.1 Å². The van der Waals surface area contributed by atoms with Gasteiger partial charge in [-0.2, -0.15) is 11.3 Å². The number of fused-ring (bicyclic) bond motifs is 1. The third-order valence-corrected chi connectivity index (χ3v) is 4.39. The molecule has 0 unspecified atom stereocenters. The van der Waals surface area contributed by atoms with Gasteiger partial charge < -0.3 is 5.73 Å². The van der Waals surface area contributed by atoms with Crippen LogP contribution in [0.15, 0.2) is 39.8 Å². The van der Waals surface area contributed by atoms with Crippen molar-refractivity contribution in [2.24, 2.45) is 5.73 Å². The fourth-order valence-corrected chi connectivity index (χ4v) is 3.34. The number of aromatic nitrogens is 2. The molecule has 1 amide bonds. The summed E-state index contributed by atoms with van der Waals surface area (Å²) in [5, 5.41) is 4.06. The van der Waals surface area contributed by atoms with Gasteiger partial charge in [0.15, 0.2) is 0 Å². The van der Waals surface area contributed by atoms with E-state index in [-0.39, 0.29) is 0 Å². The van der Waals surface area contributed by atoms with Gasteiger partial charge in [0.25, 0.3) is 5.91 Å². The fraction of sp³-hybridized carbons (Fsp3) is 0. The molecule has 0 aliphatic heterocycles. The van der Waals surface area contributed by atoms with Crippen LogP contribution in [0, 0.1) is 0 Å². The van der Waals surface area contributed by atoms with Crippen LogP contribution in [0.2, 0.25) is 0 Å². The van der Waals surface area contributed by atoms with Crippen LogP contribution in [0.25, 0.3) is 16.8 Å². The number of rotatable bonds is 2. The minimum absolute atomic E-state index is 0.387. The number of carbonyl (C=O) groups excluding carboxylic acids is 1. The molecule has 2 N–H and O–H groups in total. The van der Waals surface area contributed by atoms with Crippen LogP contribution in [0.3, 0.4) is 0 Å². The van der Waals surface area contributed by atoms with Crippen LogP contribution in [-0.4, -0.2) is 15.3 Å². The average molecular weight is 322 g/mol. The summed E-state index contributed by atoms with van der Waals surface area (Å²) in [6.45, 7) is 0. The van der Waals surface area contributed by atoms with E-state index in [4.69, 9.17) is 5.73 Å². The van der Waals surface area contributed by atoms with Crippen molar-refractivity contribution in [3.05, 3.63) is 45.5 Å². The third-order valence-electron chi connectivity index (χ3n) is 2.68. The highest BCUT2D eigenvalue weighted by Crippen LogP contribution is 2.31. The first-order valence-corrected chi connectivity index (χ1v) is 6.89. The molecule has 18 heavy (non-hydrogen) atoms. The van der Waals surface area contributed by atoms with Gasteiger partial charge in [0.2, 0.25) is 0 Å². The van der Waals surface area contributed by atoms with E-state index >= 15 is 0 Å². The highest BCUT2D eigenvalue weighted by Gasteiger charge is 2.10. The van der Waals surface area contributed by atoms with Crippen LogP contribution >= 0.6 is 27.3 Å². The molecule has 90 valence electrons. The molecule has 0 fully saturated rings. The first-order chi connectivity index (χ1) is 8.66. The van der Waals surface area contributed by atoms with Crippen molar-refractivity contribution in [3.63, 3.8) is 0 Å². The van der Waals surface area contributed by atoms with Crippen molar-refractivity contribution >= 4 is 38.8 Å². The van der Waals surface area contributed by atoms with Gasteiger partial charge in [0.1, 0.15) is 11.3 Å². The van der Waals surface area contributed by atoms with Gasteiger partial charge in [-0.25, -0.2) is 4.98 Å². The Morgan fingerprint density at radius 2 is 2.22 bits per heavy atom. The largest absolute Gasteiger partial charge is 0.364 e. The molecule has 0 spiro atoms. The van der Waals surface area contributed by atoms with E-state index in [9.17, 15) is 4.79 Å². The first kappa shape index (κ1) is 11.4. The number of carbonyl (C=O) groups is 1. The van der Waals surface area contributed by atoms with Gasteiger partial charge in [0, 0.05) is 27.2 Å².